The number of nitrogens with one attached hydrogen (secondary N) is 2. The molecule has 0 atom stereocenters. The van der Waals surface area contributed by atoms with Crippen LogP contribution in [-0.2, 0) is 22.6 Å². The molecule has 0 spiro atoms. The van der Waals surface area contributed by atoms with Gasteiger partial charge in [0.15, 0.2) is 0 Å². The Morgan fingerprint density at radius 2 is 1.73 bits per heavy atom. The highest BCUT2D eigenvalue weighted by Gasteiger charge is 1.99. The van der Waals surface area contributed by atoms with Crippen LogP contribution in [0.5, 0.6) is 0 Å². The van der Waals surface area contributed by atoms with E-state index in [1.807, 2.05) is 12.1 Å². The zero-order chi connectivity index (χ0) is 11.3. The van der Waals surface area contributed by atoms with E-state index in [9.17, 15) is 9.59 Å². The Morgan fingerprint density at radius 3 is 2.20 bits per heavy atom. The van der Waals surface area contributed by atoms with Gasteiger partial charge in [0.1, 0.15) is 0 Å². The average molecular weight is 205 g/mol. The fourth-order valence-corrected chi connectivity index (χ4v) is 1.19. The second kappa shape index (κ2) is 5.14. The summed E-state index contributed by atoms with van der Waals surface area (Å²) >= 11 is 0. The molecule has 1 rings (SSSR count). The van der Waals surface area contributed by atoms with Gasteiger partial charge in [0.2, 0.25) is 11.8 Å². The molecule has 2 N–H and O–H groups in total. The molecular weight excluding hydrogens is 192 g/mol. The average Bonchev–Trinajstić information content (AvgIpc) is 2.16. The molecule has 15 heavy (non-hydrogen) atoms. The Labute approximate surface area is 88.5 Å². The molecule has 0 aliphatic rings. The second-order valence-electron chi connectivity index (χ2n) is 3.33. The van der Waals surface area contributed by atoms with Crippen LogP contribution in [0.4, 0.5) is 0 Å². The van der Waals surface area contributed by atoms with E-state index in [-0.39, 0.29) is 12.3 Å². The summed E-state index contributed by atoms with van der Waals surface area (Å²) in [6.45, 7) is 1.96. The summed E-state index contributed by atoms with van der Waals surface area (Å²) in [5, 5.41) is 2.68. The monoisotopic (exact) mass is 205 g/mol. The Balaban J connectivity index is 2.56. The second-order valence-corrected chi connectivity index (χ2v) is 3.33. The van der Waals surface area contributed by atoms with Crippen LogP contribution in [0.15, 0.2) is 24.3 Å². The van der Waals surface area contributed by atoms with Crippen LogP contribution in [0.3, 0.4) is 0 Å². The summed E-state index contributed by atoms with van der Waals surface area (Å²) in [5.74, 6) is -0.662. The molecular formula is C11H13N2O2. The number of carbonyl (C=O) groups is 2. The lowest BCUT2D eigenvalue weighted by atomic mass is 10.1. The minimum Gasteiger partial charge on any atom is -0.352 e. The first kappa shape index (κ1) is 11.2. The number of benzene rings is 1. The molecule has 0 unspecified atom stereocenters. The summed E-state index contributed by atoms with van der Waals surface area (Å²) < 4.78 is 0. The van der Waals surface area contributed by atoms with E-state index in [0.29, 0.717) is 6.54 Å². The van der Waals surface area contributed by atoms with Crippen molar-refractivity contribution in [3.63, 3.8) is 0 Å². The van der Waals surface area contributed by atoms with Crippen LogP contribution >= 0.6 is 0 Å². The first-order chi connectivity index (χ1) is 7.08. The van der Waals surface area contributed by atoms with E-state index in [0.717, 1.165) is 11.1 Å². The van der Waals surface area contributed by atoms with Gasteiger partial charge in [-0.3, -0.25) is 15.3 Å². The largest absolute Gasteiger partial charge is 0.352 e. The highest BCUT2D eigenvalue weighted by Crippen LogP contribution is 2.04. The van der Waals surface area contributed by atoms with Crippen LogP contribution in [0.25, 0.3) is 0 Å². The van der Waals surface area contributed by atoms with E-state index in [1.54, 1.807) is 12.1 Å². The number of hydrogen-bond donors (Lipinski definition) is 1. The summed E-state index contributed by atoms with van der Waals surface area (Å²) in [6, 6.07) is 7.27. The Bertz CT molecular complexity index is 357. The topological polar surface area (TPSA) is 70.0 Å². The fourth-order valence-electron chi connectivity index (χ4n) is 1.19. The van der Waals surface area contributed by atoms with Crippen molar-refractivity contribution in [2.45, 2.75) is 19.9 Å². The molecule has 1 aromatic rings. The quantitative estimate of drug-likeness (QED) is 0.785. The van der Waals surface area contributed by atoms with Crippen molar-refractivity contribution in [3.05, 3.63) is 35.4 Å². The molecule has 0 saturated heterocycles. The minimum atomic E-state index is -0.593. The lowest BCUT2D eigenvalue weighted by molar-refractivity contribution is -0.119. The summed E-state index contributed by atoms with van der Waals surface area (Å²) in [4.78, 5) is 21.2. The maximum atomic E-state index is 10.6. The molecule has 1 aromatic carbocycles. The Hall–Kier alpha value is -1.84. The smallest absolute Gasteiger partial charge is 0.242 e. The lowest BCUT2D eigenvalue weighted by Crippen LogP contribution is -2.18. The molecule has 1 radical (unpaired) electrons. The van der Waals surface area contributed by atoms with Gasteiger partial charge in [-0.25, -0.2) is 0 Å². The van der Waals surface area contributed by atoms with Crippen molar-refractivity contribution in [1.82, 2.24) is 11.1 Å². The van der Waals surface area contributed by atoms with Crippen LogP contribution < -0.4 is 11.1 Å². The lowest BCUT2D eigenvalue weighted by Gasteiger charge is -2.03. The van der Waals surface area contributed by atoms with Gasteiger partial charge >= 0.3 is 0 Å². The van der Waals surface area contributed by atoms with Crippen LogP contribution in [0, 0.1) is 0 Å². The van der Waals surface area contributed by atoms with Crippen molar-refractivity contribution in [2.75, 3.05) is 0 Å². The third-order valence-corrected chi connectivity index (χ3v) is 1.93. The first-order valence-electron chi connectivity index (χ1n) is 4.64. The fraction of sp³-hybridized carbons (Fsp3) is 0.273. The number of amides is 2. The maximum absolute atomic E-state index is 10.6. The van der Waals surface area contributed by atoms with E-state index in [4.69, 9.17) is 5.73 Å². The molecule has 4 nitrogen and oxygen atoms in total. The highest BCUT2D eigenvalue weighted by atomic mass is 16.1. The molecule has 4 heteroatoms. The van der Waals surface area contributed by atoms with E-state index < -0.39 is 5.91 Å². The minimum absolute atomic E-state index is 0.0691. The van der Waals surface area contributed by atoms with Crippen molar-refractivity contribution in [3.8, 4) is 0 Å². The molecule has 2 amide bonds. The molecule has 0 aromatic heterocycles. The normalized spacial score (nSPS) is 9.67. The highest BCUT2D eigenvalue weighted by molar-refractivity contribution is 5.75. The van der Waals surface area contributed by atoms with Gasteiger partial charge in [0.05, 0.1) is 6.42 Å². The maximum Gasteiger partial charge on any atom is 0.242 e. The van der Waals surface area contributed by atoms with Gasteiger partial charge in [-0.05, 0) is 11.1 Å². The number of carbonyl (C=O) groups excluding carboxylic acids is 2. The van der Waals surface area contributed by atoms with E-state index in [1.165, 1.54) is 6.92 Å². The summed E-state index contributed by atoms with van der Waals surface area (Å²) in [6.07, 6.45) is 0.139. The predicted octanol–water partition coefficient (Wildman–Crippen LogP) is 0.675. The van der Waals surface area contributed by atoms with Crippen LogP contribution in [0.2, 0.25) is 0 Å². The van der Waals surface area contributed by atoms with Gasteiger partial charge < -0.3 is 5.32 Å². The third kappa shape index (κ3) is 4.26. The Morgan fingerprint density at radius 1 is 1.20 bits per heavy atom. The number of rotatable bonds is 4. The summed E-state index contributed by atoms with van der Waals surface area (Å²) in [7, 11) is 0. The van der Waals surface area contributed by atoms with Gasteiger partial charge in [0, 0.05) is 13.5 Å². The van der Waals surface area contributed by atoms with Gasteiger partial charge in [0.25, 0.3) is 0 Å². The van der Waals surface area contributed by atoms with Crippen LogP contribution in [-0.4, -0.2) is 11.8 Å². The van der Waals surface area contributed by atoms with Crippen molar-refractivity contribution in [1.29, 1.82) is 0 Å². The standard InChI is InChI=1S/C11H13N2O2/c1-8(14)13-7-10-4-2-9(3-5-10)6-11(12)15/h2-5,12H,6-7H2,1H3,(H,13,14). The molecule has 0 aliphatic heterocycles. The van der Waals surface area contributed by atoms with Crippen molar-refractivity contribution >= 4 is 11.8 Å². The van der Waals surface area contributed by atoms with E-state index >= 15 is 0 Å². The zero-order valence-corrected chi connectivity index (χ0v) is 8.54. The van der Waals surface area contributed by atoms with Gasteiger partial charge in [-0.2, -0.15) is 0 Å². The van der Waals surface area contributed by atoms with E-state index in [2.05, 4.69) is 5.32 Å². The Kier molecular flexibility index (Phi) is 3.85. The molecule has 79 valence electrons. The third-order valence-electron chi connectivity index (χ3n) is 1.93. The first-order valence-corrected chi connectivity index (χ1v) is 4.64. The van der Waals surface area contributed by atoms with Crippen LogP contribution in [0.1, 0.15) is 18.1 Å². The zero-order valence-electron chi connectivity index (χ0n) is 8.54. The molecule has 0 aliphatic carbocycles. The SMILES string of the molecule is CC(=O)NCc1ccc(CC([NH])=O)cc1. The molecule has 0 saturated carbocycles. The van der Waals surface area contributed by atoms with Gasteiger partial charge in [-0.15, -0.1) is 0 Å². The predicted molar refractivity (Wildman–Crippen MR) is 55.8 cm³/mol. The molecule has 0 bridgehead atoms. The van der Waals surface area contributed by atoms with Crippen molar-refractivity contribution < 1.29 is 9.59 Å². The van der Waals surface area contributed by atoms with Gasteiger partial charge in [-0.1, -0.05) is 24.3 Å². The van der Waals surface area contributed by atoms with Crippen molar-refractivity contribution in [2.24, 2.45) is 0 Å². The molecule has 0 fully saturated rings. The molecule has 0 heterocycles. The summed E-state index contributed by atoms with van der Waals surface area (Å²) in [5.41, 5.74) is 8.61. The number of hydrogen-bond acceptors (Lipinski definition) is 2.